The molecular weight excluding hydrogens is 393 g/mol. The van der Waals surface area contributed by atoms with Crippen molar-refractivity contribution in [3.8, 4) is 0 Å². The summed E-state index contributed by atoms with van der Waals surface area (Å²) in [7, 11) is -16.7. The fourth-order valence-electron chi connectivity index (χ4n) is 1.02. The summed E-state index contributed by atoms with van der Waals surface area (Å²) in [6.07, 6.45) is -8.54. The maximum atomic E-state index is 11.2. The molecule has 0 aliphatic carbocycles. The Morgan fingerprint density at radius 1 is 0.826 bits per heavy atom. The van der Waals surface area contributed by atoms with Gasteiger partial charge >= 0.3 is 29.2 Å². The van der Waals surface area contributed by atoms with Crippen LogP contribution in [0.15, 0.2) is 0 Å². The number of carbonyl (C=O) groups is 1. The smallest absolute Gasteiger partial charge is 0.387 e. The molecule has 2 unspecified atom stereocenters. The van der Waals surface area contributed by atoms with E-state index in [0.717, 1.165) is 0 Å². The van der Waals surface area contributed by atoms with Gasteiger partial charge in [-0.05, 0) is 0 Å². The van der Waals surface area contributed by atoms with Crippen LogP contribution in [-0.2, 0) is 27.3 Å². The predicted octanol–water partition coefficient (Wildman–Crippen LogP) is -3.68. The molecule has 0 spiro atoms. The van der Waals surface area contributed by atoms with E-state index >= 15 is 0 Å². The van der Waals surface area contributed by atoms with Crippen molar-refractivity contribution in [2.24, 2.45) is 0 Å². The largest absolute Gasteiger partial charge is 0.538 e. The summed E-state index contributed by atoms with van der Waals surface area (Å²) < 4.78 is 38.6. The van der Waals surface area contributed by atoms with Gasteiger partial charge in [0, 0.05) is 0 Å². The molecule has 0 heterocycles. The van der Waals surface area contributed by atoms with Crippen LogP contribution in [0.4, 0.5) is 0 Å². The van der Waals surface area contributed by atoms with Crippen molar-refractivity contribution in [2.45, 2.75) is 24.2 Å². The van der Waals surface area contributed by atoms with E-state index in [9.17, 15) is 33.8 Å². The molecule has 0 bridgehead atoms. The third-order valence-electron chi connectivity index (χ3n) is 1.98. The topological polar surface area (TPSA) is 269 Å². The van der Waals surface area contributed by atoms with Crippen molar-refractivity contribution < 1.29 is 72.2 Å². The molecule has 0 saturated heterocycles. The highest BCUT2D eigenvalue weighted by Crippen LogP contribution is 2.57. The Balaban J connectivity index is 4.99. The van der Waals surface area contributed by atoms with E-state index in [-0.39, 0.29) is 0 Å². The maximum Gasteiger partial charge on any atom is 0.538 e. The Labute approximate surface area is 126 Å². The molecular formula is C5H13O15P3. The summed E-state index contributed by atoms with van der Waals surface area (Å²) in [5.74, 6) is -5.18. The SMILES string of the molecule is O=C(OP(=O)(O)OP(=O)(O)O)[C@H](O)[C@H](O)[C@H](O)C(O)P(=O)(O)O. The molecule has 0 radical (unpaired) electrons. The lowest BCUT2D eigenvalue weighted by molar-refractivity contribution is -0.159. The lowest BCUT2D eigenvalue weighted by Crippen LogP contribution is -2.47. The van der Waals surface area contributed by atoms with Crippen molar-refractivity contribution in [1.29, 1.82) is 0 Å². The van der Waals surface area contributed by atoms with Gasteiger partial charge in [0.25, 0.3) is 0 Å². The van der Waals surface area contributed by atoms with E-state index in [2.05, 4.69) is 8.83 Å². The molecule has 15 nitrogen and oxygen atoms in total. The molecule has 0 aromatic rings. The number of rotatable bonds is 8. The molecule has 0 aromatic heterocycles. The predicted molar refractivity (Wildman–Crippen MR) is 65.1 cm³/mol. The number of aliphatic hydroxyl groups excluding tert-OH is 4. The van der Waals surface area contributed by atoms with Gasteiger partial charge in [0.05, 0.1) is 0 Å². The average Bonchev–Trinajstić information content (AvgIpc) is 2.30. The van der Waals surface area contributed by atoms with Crippen molar-refractivity contribution in [2.75, 3.05) is 0 Å². The summed E-state index contributed by atoms with van der Waals surface area (Å²) in [4.78, 5) is 53.6. The monoisotopic (exact) mass is 406 g/mol. The summed E-state index contributed by atoms with van der Waals surface area (Å²) in [5.41, 5.74) is 0. The Hall–Kier alpha value is -0.240. The van der Waals surface area contributed by atoms with Gasteiger partial charge in [-0.25, -0.2) is 13.9 Å². The minimum atomic E-state index is -5.73. The van der Waals surface area contributed by atoms with Gasteiger partial charge in [-0.2, -0.15) is 4.31 Å². The maximum absolute atomic E-state index is 11.2. The average molecular weight is 406 g/mol. The van der Waals surface area contributed by atoms with Crippen LogP contribution in [0, 0.1) is 0 Å². The van der Waals surface area contributed by atoms with E-state index in [4.69, 9.17) is 29.6 Å². The van der Waals surface area contributed by atoms with E-state index in [1.165, 1.54) is 0 Å². The summed E-state index contributed by atoms with van der Waals surface area (Å²) in [6.45, 7) is 0. The molecule has 0 fully saturated rings. The lowest BCUT2D eigenvalue weighted by Gasteiger charge is -2.26. The molecule has 0 amide bonds. The Kier molecular flexibility index (Phi) is 7.68. The second kappa shape index (κ2) is 7.76. The van der Waals surface area contributed by atoms with Gasteiger partial charge < -0.3 is 44.5 Å². The van der Waals surface area contributed by atoms with Crippen molar-refractivity contribution in [3.63, 3.8) is 0 Å². The quantitative estimate of drug-likeness (QED) is 0.176. The van der Waals surface area contributed by atoms with Crippen molar-refractivity contribution in [1.82, 2.24) is 0 Å². The fraction of sp³-hybridized carbons (Fsp3) is 0.800. The van der Waals surface area contributed by atoms with Gasteiger partial charge in [-0.1, -0.05) is 0 Å². The van der Waals surface area contributed by atoms with Crippen LogP contribution in [0.1, 0.15) is 0 Å². The summed E-state index contributed by atoms with van der Waals surface area (Å²) in [5, 5.41) is 36.6. The number of hydrogen-bond donors (Lipinski definition) is 9. The minimum absolute atomic E-state index is 2.26. The minimum Gasteiger partial charge on any atom is -0.387 e. The lowest BCUT2D eigenvalue weighted by atomic mass is 10.1. The summed E-state index contributed by atoms with van der Waals surface area (Å²) in [6, 6.07) is 0. The van der Waals surface area contributed by atoms with Crippen molar-refractivity contribution >= 4 is 29.2 Å². The zero-order valence-corrected chi connectivity index (χ0v) is 13.3. The Bertz CT molecular complexity index is 559. The number of carbonyl (C=O) groups excluding carboxylic acids is 1. The fourth-order valence-corrected chi connectivity index (χ4v) is 3.14. The van der Waals surface area contributed by atoms with Gasteiger partial charge in [-0.15, -0.1) is 0 Å². The van der Waals surface area contributed by atoms with Crippen LogP contribution in [-0.4, -0.2) is 75.0 Å². The molecule has 18 heteroatoms. The zero-order valence-electron chi connectivity index (χ0n) is 10.6. The van der Waals surface area contributed by atoms with E-state index in [1.807, 2.05) is 0 Å². The van der Waals surface area contributed by atoms with Gasteiger partial charge in [0.1, 0.15) is 12.2 Å². The molecule has 0 saturated carbocycles. The molecule has 5 atom stereocenters. The second-order valence-corrected chi connectivity index (χ2v) is 8.34. The highest BCUT2D eigenvalue weighted by molar-refractivity contribution is 7.61. The first kappa shape index (κ1) is 22.8. The van der Waals surface area contributed by atoms with Crippen LogP contribution in [0.5, 0.6) is 0 Å². The highest BCUT2D eigenvalue weighted by Gasteiger charge is 2.44. The first-order chi connectivity index (χ1) is 9.98. The first-order valence-electron chi connectivity index (χ1n) is 5.08. The Morgan fingerprint density at radius 3 is 1.61 bits per heavy atom. The van der Waals surface area contributed by atoms with Crippen LogP contribution in [0.25, 0.3) is 0 Å². The van der Waals surface area contributed by atoms with Crippen LogP contribution >= 0.6 is 23.2 Å². The van der Waals surface area contributed by atoms with E-state index in [0.29, 0.717) is 0 Å². The van der Waals surface area contributed by atoms with Crippen LogP contribution < -0.4 is 0 Å². The second-order valence-electron chi connectivity index (χ2n) is 3.88. The number of phosphoric ester groups is 1. The number of aliphatic hydroxyl groups is 4. The molecule has 9 N–H and O–H groups in total. The van der Waals surface area contributed by atoms with Gasteiger partial charge in [0.2, 0.25) is 0 Å². The normalized spacial score (nSPS) is 20.9. The number of hydrogen-bond acceptors (Lipinski definition) is 10. The van der Waals surface area contributed by atoms with Gasteiger partial charge in [0.15, 0.2) is 11.9 Å². The zero-order chi connectivity index (χ0) is 18.8. The molecule has 0 aliphatic heterocycles. The molecule has 0 aliphatic rings. The van der Waals surface area contributed by atoms with Crippen molar-refractivity contribution in [3.05, 3.63) is 0 Å². The first-order valence-corrected chi connectivity index (χ1v) is 9.79. The molecule has 23 heavy (non-hydrogen) atoms. The third kappa shape index (κ3) is 7.92. The third-order valence-corrected chi connectivity index (χ3v) is 5.06. The molecule has 0 rings (SSSR count). The highest BCUT2D eigenvalue weighted by atomic mass is 31.3. The van der Waals surface area contributed by atoms with E-state index in [1.54, 1.807) is 0 Å². The van der Waals surface area contributed by atoms with E-state index < -0.39 is 53.4 Å². The molecule has 138 valence electrons. The summed E-state index contributed by atoms with van der Waals surface area (Å²) >= 11 is 0. The Morgan fingerprint density at radius 2 is 1.26 bits per heavy atom. The van der Waals surface area contributed by atoms with Gasteiger partial charge in [-0.3, -0.25) is 9.46 Å². The standard InChI is InChI=1S/C5H13O15P3/c6-1(3(8)5(10)21(11,12)13)2(7)4(9)19-23(17,18)20-22(14,15)16/h1-3,5-8,10H,(H,17,18)(H2,11,12,13)(H2,14,15,16)/t1-,2+,3-,5?/m0/s1. The van der Waals surface area contributed by atoms with Crippen LogP contribution in [0.2, 0.25) is 0 Å². The molecule has 0 aromatic carbocycles. The van der Waals surface area contributed by atoms with Crippen LogP contribution in [0.3, 0.4) is 0 Å². The number of phosphoric acid groups is 2.